The minimum Gasteiger partial charge on any atom is -0.387 e. The second-order valence-electron chi connectivity index (χ2n) is 6.15. The SMILES string of the molecule is Cc1ncnc2c1ncn2[C@@H]1O[C@@]2(CO[P+](C)=O)[C@@H](C)O[C@@H]1[C@@H]2O. The number of aliphatic hydroxyl groups is 1. The van der Waals surface area contributed by atoms with E-state index in [1.807, 2.05) is 13.8 Å². The van der Waals surface area contributed by atoms with Crippen molar-refractivity contribution in [2.24, 2.45) is 0 Å². The molecular formula is C14H18N4O5P+. The monoisotopic (exact) mass is 353 g/mol. The summed E-state index contributed by atoms with van der Waals surface area (Å²) < 4.78 is 30.3. The van der Waals surface area contributed by atoms with Crippen LogP contribution in [0.2, 0.25) is 0 Å². The summed E-state index contributed by atoms with van der Waals surface area (Å²) in [5.74, 6) is 0. The first-order valence-electron chi connectivity index (χ1n) is 7.63. The Balaban J connectivity index is 1.71. The quantitative estimate of drug-likeness (QED) is 0.809. The van der Waals surface area contributed by atoms with Crippen molar-refractivity contribution < 1.29 is 23.7 Å². The van der Waals surface area contributed by atoms with Crippen LogP contribution in [0.25, 0.3) is 11.2 Å². The highest BCUT2D eigenvalue weighted by Crippen LogP contribution is 2.50. The normalized spacial score (nSPS) is 35.8. The Labute approximate surface area is 138 Å². The van der Waals surface area contributed by atoms with Gasteiger partial charge in [0.25, 0.3) is 0 Å². The van der Waals surface area contributed by atoms with Crippen molar-refractivity contribution in [3.05, 3.63) is 18.3 Å². The maximum absolute atomic E-state index is 11.3. The van der Waals surface area contributed by atoms with Crippen LogP contribution in [0, 0.1) is 6.92 Å². The highest BCUT2D eigenvalue weighted by Gasteiger charge is 2.66. The third-order valence-electron chi connectivity index (χ3n) is 4.77. The molecule has 2 aromatic rings. The lowest BCUT2D eigenvalue weighted by Crippen LogP contribution is -2.49. The molecule has 2 aliphatic rings. The first-order chi connectivity index (χ1) is 11.4. The number of nitrogens with zero attached hydrogens (tertiary/aromatic N) is 4. The van der Waals surface area contributed by atoms with Crippen molar-refractivity contribution in [2.45, 2.75) is 44.0 Å². The summed E-state index contributed by atoms with van der Waals surface area (Å²) in [6, 6.07) is 0. The fraction of sp³-hybridized carbons (Fsp3) is 0.643. The third-order valence-corrected chi connectivity index (χ3v) is 5.26. The fourth-order valence-electron chi connectivity index (χ4n) is 3.42. The minimum atomic E-state index is -1.80. The molecule has 1 unspecified atom stereocenters. The van der Waals surface area contributed by atoms with E-state index in [9.17, 15) is 9.67 Å². The molecule has 2 fully saturated rings. The Bertz CT molecular complexity index is 814. The van der Waals surface area contributed by atoms with E-state index in [0.29, 0.717) is 11.2 Å². The number of hydrogen-bond donors (Lipinski definition) is 1. The van der Waals surface area contributed by atoms with Gasteiger partial charge in [0.05, 0.1) is 18.1 Å². The Hall–Kier alpha value is -1.51. The van der Waals surface area contributed by atoms with E-state index in [1.165, 1.54) is 13.0 Å². The summed E-state index contributed by atoms with van der Waals surface area (Å²) in [5.41, 5.74) is 0.988. The molecule has 4 rings (SSSR count). The largest absolute Gasteiger partial charge is 0.504 e. The van der Waals surface area contributed by atoms with E-state index >= 15 is 0 Å². The van der Waals surface area contributed by atoms with Gasteiger partial charge in [-0.15, -0.1) is 4.52 Å². The van der Waals surface area contributed by atoms with Crippen molar-refractivity contribution in [3.63, 3.8) is 0 Å². The average molecular weight is 353 g/mol. The van der Waals surface area contributed by atoms with Gasteiger partial charge < -0.3 is 14.6 Å². The summed E-state index contributed by atoms with van der Waals surface area (Å²) in [4.78, 5) is 12.7. The van der Waals surface area contributed by atoms with E-state index in [-0.39, 0.29) is 12.7 Å². The Morgan fingerprint density at radius 1 is 1.46 bits per heavy atom. The Morgan fingerprint density at radius 2 is 2.25 bits per heavy atom. The molecule has 0 radical (unpaired) electrons. The second-order valence-corrected chi connectivity index (χ2v) is 7.28. The van der Waals surface area contributed by atoms with Crippen LogP contribution in [0.4, 0.5) is 0 Å². The molecule has 2 saturated heterocycles. The zero-order valence-corrected chi connectivity index (χ0v) is 14.4. The van der Waals surface area contributed by atoms with E-state index < -0.39 is 32.1 Å². The average Bonchev–Trinajstić information content (AvgIpc) is 3.15. The van der Waals surface area contributed by atoms with E-state index in [0.717, 1.165) is 5.69 Å². The van der Waals surface area contributed by atoms with Gasteiger partial charge >= 0.3 is 8.03 Å². The van der Waals surface area contributed by atoms with Crippen molar-refractivity contribution in [2.75, 3.05) is 13.3 Å². The first-order valence-corrected chi connectivity index (χ1v) is 9.26. The molecule has 6 atom stereocenters. The third kappa shape index (κ3) is 2.13. The maximum atomic E-state index is 11.3. The van der Waals surface area contributed by atoms with Crippen molar-refractivity contribution in [3.8, 4) is 0 Å². The summed E-state index contributed by atoms with van der Waals surface area (Å²) in [6.07, 6.45) is 0.624. The zero-order valence-electron chi connectivity index (χ0n) is 13.5. The van der Waals surface area contributed by atoms with E-state index in [4.69, 9.17) is 14.0 Å². The molecular weight excluding hydrogens is 335 g/mol. The molecule has 9 nitrogen and oxygen atoms in total. The van der Waals surface area contributed by atoms with Gasteiger partial charge in [-0.05, 0) is 18.4 Å². The van der Waals surface area contributed by atoms with Crippen molar-refractivity contribution in [1.82, 2.24) is 19.5 Å². The minimum absolute atomic E-state index is 0.00528. The van der Waals surface area contributed by atoms with Crippen LogP contribution >= 0.6 is 8.03 Å². The van der Waals surface area contributed by atoms with Crippen LogP contribution < -0.4 is 0 Å². The molecule has 4 heterocycles. The van der Waals surface area contributed by atoms with Crippen LogP contribution in [0.3, 0.4) is 0 Å². The van der Waals surface area contributed by atoms with Gasteiger partial charge in [0.15, 0.2) is 24.1 Å². The number of aliphatic hydroxyl groups excluding tert-OH is 1. The summed E-state index contributed by atoms with van der Waals surface area (Å²) in [5, 5.41) is 10.7. The lowest BCUT2D eigenvalue weighted by molar-refractivity contribution is -0.213. The van der Waals surface area contributed by atoms with Gasteiger partial charge in [0.1, 0.15) is 30.7 Å². The van der Waals surface area contributed by atoms with Gasteiger partial charge in [-0.1, -0.05) is 0 Å². The predicted molar refractivity (Wildman–Crippen MR) is 82.7 cm³/mol. The molecule has 128 valence electrons. The number of fused-ring (bicyclic) bond motifs is 3. The number of rotatable bonds is 4. The van der Waals surface area contributed by atoms with Gasteiger partial charge in [-0.25, -0.2) is 15.0 Å². The second kappa shape index (κ2) is 5.50. The molecule has 2 aliphatic heterocycles. The van der Waals surface area contributed by atoms with Crippen LogP contribution in [0.1, 0.15) is 18.8 Å². The van der Waals surface area contributed by atoms with Gasteiger partial charge in [-0.2, -0.15) is 0 Å². The van der Waals surface area contributed by atoms with Gasteiger partial charge in [-0.3, -0.25) is 4.57 Å². The van der Waals surface area contributed by atoms with E-state index in [1.54, 1.807) is 10.9 Å². The van der Waals surface area contributed by atoms with Crippen LogP contribution in [-0.2, 0) is 18.6 Å². The standard InChI is InChI=1S/C14H18N4O5P/c1-7-9-12(16-5-15-7)18(6-17-9)13-10-11(19)14(23-13,8(2)22-10)4-21-24(3)20/h5-6,8,10-11,13,19H,4H2,1-3H3/q+1/t8-,10-,11+,13-,14+/m1/s1. The van der Waals surface area contributed by atoms with Crippen molar-refractivity contribution >= 4 is 19.2 Å². The number of hydrogen-bond acceptors (Lipinski definition) is 8. The summed E-state index contributed by atoms with van der Waals surface area (Å²) in [7, 11) is -1.80. The van der Waals surface area contributed by atoms with Crippen LogP contribution in [0.5, 0.6) is 0 Å². The molecule has 24 heavy (non-hydrogen) atoms. The number of aryl methyl sites for hydroxylation is 1. The van der Waals surface area contributed by atoms with Crippen LogP contribution in [0.15, 0.2) is 12.7 Å². The highest BCUT2D eigenvalue weighted by atomic mass is 31.1. The van der Waals surface area contributed by atoms with Crippen LogP contribution in [-0.4, -0.2) is 61.8 Å². The first kappa shape index (κ1) is 16.0. The molecule has 0 saturated carbocycles. The highest BCUT2D eigenvalue weighted by molar-refractivity contribution is 7.38. The Kier molecular flexibility index (Phi) is 3.67. The molecule has 0 spiro atoms. The summed E-state index contributed by atoms with van der Waals surface area (Å²) in [6.45, 7) is 5.12. The Morgan fingerprint density at radius 3 is 3.00 bits per heavy atom. The maximum Gasteiger partial charge on any atom is 0.504 e. The molecule has 2 bridgehead atoms. The predicted octanol–water partition coefficient (Wildman–Crippen LogP) is 0.939. The number of imidazole rings is 1. The van der Waals surface area contributed by atoms with Gasteiger partial charge in [0, 0.05) is 0 Å². The molecule has 0 aromatic carbocycles. The molecule has 1 N–H and O–H groups in total. The smallest absolute Gasteiger partial charge is 0.387 e. The topological polar surface area (TPSA) is 109 Å². The summed E-state index contributed by atoms with van der Waals surface area (Å²) >= 11 is 0. The molecule has 2 aromatic heterocycles. The zero-order chi connectivity index (χ0) is 17.1. The lowest BCUT2D eigenvalue weighted by atomic mass is 9.94. The molecule has 0 aliphatic carbocycles. The molecule has 0 amide bonds. The fourth-order valence-corrected chi connectivity index (χ4v) is 3.81. The van der Waals surface area contributed by atoms with E-state index in [2.05, 4.69) is 15.0 Å². The molecule has 10 heteroatoms. The van der Waals surface area contributed by atoms with Crippen molar-refractivity contribution in [1.29, 1.82) is 0 Å². The number of ether oxygens (including phenoxy) is 2. The van der Waals surface area contributed by atoms with Gasteiger partial charge in [0.2, 0.25) is 0 Å². The number of aromatic nitrogens is 4. The lowest BCUT2D eigenvalue weighted by Gasteiger charge is -2.34.